The molecule has 2 aromatic carbocycles. The molecule has 1 saturated heterocycles. The number of ether oxygens (including phenoxy) is 1. The maximum Gasteiger partial charge on any atom is 0.308 e. The number of piperidine rings is 1. The fourth-order valence-electron chi connectivity index (χ4n) is 6.68. The molecule has 2 amide bonds. The summed E-state index contributed by atoms with van der Waals surface area (Å²) in [6.07, 6.45) is 8.51. The molecule has 8 heteroatoms. The van der Waals surface area contributed by atoms with E-state index in [2.05, 4.69) is 0 Å². The minimum atomic E-state index is -0.421. The highest BCUT2D eigenvalue weighted by atomic mass is 19.1. The third-order valence-electron chi connectivity index (χ3n) is 8.45. The molecule has 1 aliphatic carbocycles. The number of fused-ring (bicyclic) bond motifs is 5. The van der Waals surface area contributed by atoms with Gasteiger partial charge in [0.25, 0.3) is 0 Å². The summed E-state index contributed by atoms with van der Waals surface area (Å²) in [4.78, 5) is 42.3. The number of hydrogen-bond donors (Lipinski definition) is 0. The van der Waals surface area contributed by atoms with E-state index in [4.69, 9.17) is 4.74 Å². The summed E-state index contributed by atoms with van der Waals surface area (Å²) in [6.45, 7) is 2.69. The molecule has 3 aliphatic rings. The molecule has 2 aliphatic heterocycles. The average Bonchev–Trinajstić information content (AvgIpc) is 3.19. The summed E-state index contributed by atoms with van der Waals surface area (Å²) in [5.41, 5.74) is 3.90. The predicted octanol–water partition coefficient (Wildman–Crippen LogP) is 5.78. The van der Waals surface area contributed by atoms with E-state index in [1.807, 2.05) is 15.5 Å². The van der Waals surface area contributed by atoms with Crippen molar-refractivity contribution in [1.29, 1.82) is 0 Å². The Hall–Kier alpha value is -3.68. The average molecular weight is 532 g/mol. The lowest BCUT2D eigenvalue weighted by Gasteiger charge is -2.30. The lowest BCUT2D eigenvalue weighted by molar-refractivity contribution is -0.132. The van der Waals surface area contributed by atoms with Gasteiger partial charge in [0.2, 0.25) is 11.8 Å². The molecule has 204 valence electrons. The highest BCUT2D eigenvalue weighted by Crippen LogP contribution is 2.48. The van der Waals surface area contributed by atoms with Crippen molar-refractivity contribution in [3.63, 3.8) is 0 Å². The van der Waals surface area contributed by atoms with Crippen molar-refractivity contribution in [2.24, 2.45) is 0 Å². The maximum absolute atomic E-state index is 14.9. The Kier molecular flexibility index (Phi) is 6.87. The molecule has 0 unspecified atom stereocenters. The van der Waals surface area contributed by atoms with Crippen LogP contribution in [0.2, 0.25) is 0 Å². The zero-order valence-electron chi connectivity index (χ0n) is 22.4. The standard InChI is InChI=1S/C31H34FN3O4/c1-20(36)39-23-11-12-24-27(17-23)35-19-29(38)34(18-28(37)33-14-6-3-7-15-33)26-13-10-22(32)16-25(26)31(35)30(24)21-8-4-2-5-9-21/h10-13,16-17,21H,2-9,14-15,18-19H2,1H3. The van der Waals surface area contributed by atoms with Crippen LogP contribution in [0, 0.1) is 5.82 Å². The molecular weight excluding hydrogens is 497 g/mol. The summed E-state index contributed by atoms with van der Waals surface area (Å²) in [5, 5.41) is 0.994. The number of aromatic nitrogens is 1. The number of amides is 2. The van der Waals surface area contributed by atoms with E-state index in [1.165, 1.54) is 30.4 Å². The zero-order valence-corrected chi connectivity index (χ0v) is 22.4. The number of carbonyl (C=O) groups excluding carboxylic acids is 3. The van der Waals surface area contributed by atoms with E-state index in [9.17, 15) is 18.8 Å². The van der Waals surface area contributed by atoms with E-state index in [-0.39, 0.29) is 30.8 Å². The van der Waals surface area contributed by atoms with Gasteiger partial charge in [0.1, 0.15) is 24.7 Å². The Morgan fingerprint density at radius 3 is 2.46 bits per heavy atom. The topological polar surface area (TPSA) is 71.8 Å². The van der Waals surface area contributed by atoms with Gasteiger partial charge in [-0.2, -0.15) is 0 Å². The second kappa shape index (κ2) is 10.5. The first-order valence-electron chi connectivity index (χ1n) is 14.1. The largest absolute Gasteiger partial charge is 0.427 e. The number of carbonyl (C=O) groups is 3. The highest BCUT2D eigenvalue weighted by Gasteiger charge is 2.35. The second-order valence-corrected chi connectivity index (χ2v) is 11.0. The number of benzene rings is 2. The van der Waals surface area contributed by atoms with Crippen LogP contribution in [0.25, 0.3) is 22.2 Å². The minimum Gasteiger partial charge on any atom is -0.427 e. The number of nitrogens with zero attached hydrogens (tertiary/aromatic N) is 3. The Labute approximate surface area is 227 Å². The van der Waals surface area contributed by atoms with Crippen LogP contribution in [0.15, 0.2) is 36.4 Å². The summed E-state index contributed by atoms with van der Waals surface area (Å²) < 4.78 is 22.2. The normalized spacial score (nSPS) is 18.1. The third kappa shape index (κ3) is 4.81. The van der Waals surface area contributed by atoms with E-state index >= 15 is 0 Å². The van der Waals surface area contributed by atoms with Gasteiger partial charge in [0.15, 0.2) is 0 Å². The molecular formula is C31H34FN3O4. The summed E-state index contributed by atoms with van der Waals surface area (Å²) in [7, 11) is 0. The van der Waals surface area contributed by atoms with Crippen molar-refractivity contribution in [2.45, 2.75) is 70.8 Å². The van der Waals surface area contributed by atoms with Crippen LogP contribution in [0.5, 0.6) is 5.75 Å². The fourth-order valence-corrected chi connectivity index (χ4v) is 6.68. The molecule has 1 saturated carbocycles. The van der Waals surface area contributed by atoms with Gasteiger partial charge in [-0.05, 0) is 73.9 Å². The first-order valence-corrected chi connectivity index (χ1v) is 14.1. The van der Waals surface area contributed by atoms with Crippen molar-refractivity contribution in [3.8, 4) is 17.0 Å². The van der Waals surface area contributed by atoms with Gasteiger partial charge in [0, 0.05) is 37.0 Å². The lowest BCUT2D eigenvalue weighted by Crippen LogP contribution is -2.45. The Morgan fingerprint density at radius 2 is 1.72 bits per heavy atom. The number of halogens is 1. The first-order chi connectivity index (χ1) is 18.9. The molecule has 0 bridgehead atoms. The minimum absolute atomic E-state index is 0.00561. The molecule has 0 radical (unpaired) electrons. The van der Waals surface area contributed by atoms with Crippen LogP contribution in [0.1, 0.15) is 69.8 Å². The highest BCUT2D eigenvalue weighted by molar-refractivity contribution is 6.07. The van der Waals surface area contributed by atoms with Crippen molar-refractivity contribution in [2.75, 3.05) is 24.5 Å². The van der Waals surface area contributed by atoms with Crippen molar-refractivity contribution >= 4 is 34.4 Å². The van der Waals surface area contributed by atoms with Crippen LogP contribution >= 0.6 is 0 Å². The van der Waals surface area contributed by atoms with E-state index in [1.54, 1.807) is 18.2 Å². The summed E-state index contributed by atoms with van der Waals surface area (Å²) in [5.74, 6) is -0.451. The molecule has 1 aromatic heterocycles. The lowest BCUT2D eigenvalue weighted by atomic mass is 9.81. The molecule has 0 spiro atoms. The van der Waals surface area contributed by atoms with Gasteiger partial charge in [-0.1, -0.05) is 19.3 Å². The van der Waals surface area contributed by atoms with Crippen LogP contribution in [0.4, 0.5) is 10.1 Å². The summed E-state index contributed by atoms with van der Waals surface area (Å²) >= 11 is 0. The van der Waals surface area contributed by atoms with Crippen LogP contribution in [0.3, 0.4) is 0 Å². The Morgan fingerprint density at radius 1 is 0.974 bits per heavy atom. The summed E-state index contributed by atoms with van der Waals surface area (Å²) in [6, 6.07) is 10.0. The molecule has 7 nitrogen and oxygen atoms in total. The van der Waals surface area contributed by atoms with Crippen molar-refractivity contribution in [1.82, 2.24) is 9.47 Å². The van der Waals surface area contributed by atoms with Gasteiger partial charge in [-0.3, -0.25) is 14.4 Å². The Bertz CT molecular complexity index is 1450. The third-order valence-corrected chi connectivity index (χ3v) is 8.45. The predicted molar refractivity (Wildman–Crippen MR) is 147 cm³/mol. The van der Waals surface area contributed by atoms with Crippen molar-refractivity contribution in [3.05, 3.63) is 47.8 Å². The molecule has 39 heavy (non-hydrogen) atoms. The molecule has 0 N–H and O–H groups in total. The van der Waals surface area contributed by atoms with E-state index in [0.717, 1.165) is 67.1 Å². The van der Waals surface area contributed by atoms with Crippen LogP contribution < -0.4 is 9.64 Å². The number of likely N-dealkylation sites (tertiary alicyclic amines) is 1. The SMILES string of the molecule is CC(=O)Oc1ccc2c(C3CCCCC3)c3n(c2c1)CC(=O)N(CC(=O)N1CCCCC1)c1ccc(F)cc1-3. The fraction of sp³-hybridized carbons (Fsp3) is 0.452. The molecule has 0 atom stereocenters. The number of anilines is 1. The van der Waals surface area contributed by atoms with E-state index in [0.29, 0.717) is 30.1 Å². The van der Waals surface area contributed by atoms with Gasteiger partial charge in [0.05, 0.1) is 16.9 Å². The quantitative estimate of drug-likeness (QED) is 0.316. The Balaban J connectivity index is 1.53. The molecule has 2 fully saturated rings. The zero-order chi connectivity index (χ0) is 27.1. The van der Waals surface area contributed by atoms with Gasteiger partial charge in [-0.15, -0.1) is 0 Å². The number of hydrogen-bond acceptors (Lipinski definition) is 4. The number of esters is 1. The number of rotatable bonds is 4. The first kappa shape index (κ1) is 25.6. The van der Waals surface area contributed by atoms with E-state index < -0.39 is 11.8 Å². The van der Waals surface area contributed by atoms with Gasteiger partial charge in [-0.25, -0.2) is 4.39 Å². The smallest absolute Gasteiger partial charge is 0.308 e. The second-order valence-electron chi connectivity index (χ2n) is 11.0. The van der Waals surface area contributed by atoms with Gasteiger partial charge >= 0.3 is 5.97 Å². The maximum atomic E-state index is 14.9. The monoisotopic (exact) mass is 531 g/mol. The molecule has 3 aromatic rings. The molecule has 3 heterocycles. The molecule has 6 rings (SSSR count). The van der Waals surface area contributed by atoms with Crippen molar-refractivity contribution < 1.29 is 23.5 Å². The van der Waals surface area contributed by atoms with Gasteiger partial charge < -0.3 is 19.1 Å². The van der Waals surface area contributed by atoms with Crippen LogP contribution in [-0.4, -0.2) is 46.9 Å². The van der Waals surface area contributed by atoms with Crippen LogP contribution in [-0.2, 0) is 20.9 Å².